The second kappa shape index (κ2) is 5.78. The van der Waals surface area contributed by atoms with Crippen LogP contribution in [0, 0.1) is 24.0 Å². The fourth-order valence-corrected chi connectivity index (χ4v) is 3.55. The standard InChI is InChI=1S/C13H11N5O2S2/c1-7-12(22-8(2)15-7)10-6-21-13(16-10)17-11-4-3-9(5-14-11)18(19)20/h3-6H,1-2H3,(H,14,16,17). The van der Waals surface area contributed by atoms with Crippen LogP contribution in [-0.2, 0) is 0 Å². The highest BCUT2D eigenvalue weighted by Gasteiger charge is 2.12. The topological polar surface area (TPSA) is 93.8 Å². The number of thiazole rings is 2. The van der Waals surface area contributed by atoms with Gasteiger partial charge < -0.3 is 5.32 Å². The van der Waals surface area contributed by atoms with E-state index in [0.717, 1.165) is 21.3 Å². The van der Waals surface area contributed by atoms with Crippen molar-refractivity contribution in [1.29, 1.82) is 0 Å². The predicted octanol–water partition coefficient (Wildman–Crippen LogP) is 3.93. The highest BCUT2D eigenvalue weighted by atomic mass is 32.1. The number of nitro groups is 1. The number of nitrogens with zero attached hydrogens (tertiary/aromatic N) is 4. The first-order valence-corrected chi connectivity index (χ1v) is 8.00. The first kappa shape index (κ1) is 14.5. The van der Waals surface area contributed by atoms with Crippen molar-refractivity contribution < 1.29 is 4.92 Å². The minimum Gasteiger partial charge on any atom is -0.316 e. The molecule has 1 N–H and O–H groups in total. The van der Waals surface area contributed by atoms with E-state index in [1.807, 2.05) is 19.2 Å². The summed E-state index contributed by atoms with van der Waals surface area (Å²) >= 11 is 3.06. The Morgan fingerprint density at radius 2 is 2.09 bits per heavy atom. The lowest BCUT2D eigenvalue weighted by Crippen LogP contribution is -1.94. The van der Waals surface area contributed by atoms with Crippen LogP contribution in [0.1, 0.15) is 10.7 Å². The fourth-order valence-electron chi connectivity index (χ4n) is 1.88. The van der Waals surface area contributed by atoms with E-state index in [2.05, 4.69) is 20.3 Å². The zero-order valence-electron chi connectivity index (χ0n) is 11.7. The van der Waals surface area contributed by atoms with E-state index in [-0.39, 0.29) is 5.69 Å². The second-order valence-corrected chi connectivity index (χ2v) is 6.53. The molecule has 7 nitrogen and oxygen atoms in total. The van der Waals surface area contributed by atoms with Gasteiger partial charge in [-0.3, -0.25) is 10.1 Å². The monoisotopic (exact) mass is 333 g/mol. The number of hydrogen-bond donors (Lipinski definition) is 1. The van der Waals surface area contributed by atoms with Crippen LogP contribution in [0.2, 0.25) is 0 Å². The first-order valence-electron chi connectivity index (χ1n) is 6.30. The SMILES string of the molecule is Cc1nc(C)c(-c2csc(Nc3ccc([N+](=O)[O-])cn3)n2)s1. The fraction of sp³-hybridized carbons (Fsp3) is 0.154. The minimum atomic E-state index is -0.479. The number of hydrogen-bond acceptors (Lipinski definition) is 8. The highest BCUT2D eigenvalue weighted by molar-refractivity contribution is 7.16. The van der Waals surface area contributed by atoms with E-state index >= 15 is 0 Å². The molecule has 0 aliphatic heterocycles. The minimum absolute atomic E-state index is 0.0406. The summed E-state index contributed by atoms with van der Waals surface area (Å²) in [5, 5.41) is 17.3. The van der Waals surface area contributed by atoms with E-state index in [4.69, 9.17) is 0 Å². The van der Waals surface area contributed by atoms with E-state index < -0.39 is 4.92 Å². The molecule has 0 amide bonds. The van der Waals surface area contributed by atoms with Crippen molar-refractivity contribution in [3.63, 3.8) is 0 Å². The lowest BCUT2D eigenvalue weighted by Gasteiger charge is -2.00. The maximum atomic E-state index is 10.6. The Kier molecular flexibility index (Phi) is 3.82. The van der Waals surface area contributed by atoms with Gasteiger partial charge in [0.25, 0.3) is 5.69 Å². The number of aromatic nitrogens is 3. The maximum absolute atomic E-state index is 10.6. The van der Waals surface area contributed by atoms with Gasteiger partial charge in [0.2, 0.25) is 0 Å². The van der Waals surface area contributed by atoms with Gasteiger partial charge in [0, 0.05) is 11.4 Å². The quantitative estimate of drug-likeness (QED) is 0.574. The molecule has 0 aliphatic carbocycles. The molecule has 3 aromatic heterocycles. The molecule has 3 heterocycles. The van der Waals surface area contributed by atoms with Crippen molar-refractivity contribution in [1.82, 2.24) is 15.0 Å². The largest absolute Gasteiger partial charge is 0.316 e. The summed E-state index contributed by atoms with van der Waals surface area (Å²) in [5.41, 5.74) is 1.80. The Labute approximate surface area is 133 Å². The normalized spacial score (nSPS) is 10.6. The van der Waals surface area contributed by atoms with Gasteiger partial charge in [0.1, 0.15) is 12.0 Å². The van der Waals surface area contributed by atoms with Crippen molar-refractivity contribution in [2.75, 3.05) is 5.32 Å². The molecule has 112 valence electrons. The van der Waals surface area contributed by atoms with E-state index in [0.29, 0.717) is 10.9 Å². The van der Waals surface area contributed by atoms with Gasteiger partial charge >= 0.3 is 0 Å². The van der Waals surface area contributed by atoms with Gasteiger partial charge in [-0.15, -0.1) is 22.7 Å². The Bertz CT molecular complexity index is 825. The van der Waals surface area contributed by atoms with E-state index in [9.17, 15) is 10.1 Å². The average Bonchev–Trinajstić information content (AvgIpc) is 3.06. The molecule has 0 saturated heterocycles. The Hall–Kier alpha value is -2.39. The Morgan fingerprint density at radius 1 is 1.27 bits per heavy atom. The van der Waals surface area contributed by atoms with Crippen molar-refractivity contribution in [2.24, 2.45) is 0 Å². The maximum Gasteiger partial charge on any atom is 0.287 e. The predicted molar refractivity (Wildman–Crippen MR) is 86.9 cm³/mol. The third-order valence-electron chi connectivity index (χ3n) is 2.83. The second-order valence-electron chi connectivity index (χ2n) is 4.47. The summed E-state index contributed by atoms with van der Waals surface area (Å²) in [4.78, 5) is 24.1. The molecule has 0 radical (unpaired) electrons. The van der Waals surface area contributed by atoms with Crippen molar-refractivity contribution in [2.45, 2.75) is 13.8 Å². The number of aryl methyl sites for hydroxylation is 2. The van der Waals surface area contributed by atoms with E-state index in [1.165, 1.54) is 23.6 Å². The molecule has 0 aliphatic rings. The van der Waals surface area contributed by atoms with Crippen LogP contribution < -0.4 is 5.32 Å². The molecular weight excluding hydrogens is 322 g/mol. The number of nitrogens with one attached hydrogen (secondary N) is 1. The number of anilines is 2. The molecule has 0 atom stereocenters. The molecule has 0 spiro atoms. The molecule has 0 bridgehead atoms. The molecule has 3 rings (SSSR count). The summed E-state index contributed by atoms with van der Waals surface area (Å²) in [6, 6.07) is 2.96. The van der Waals surface area contributed by atoms with Crippen LogP contribution in [-0.4, -0.2) is 19.9 Å². The van der Waals surface area contributed by atoms with Gasteiger partial charge in [-0.25, -0.2) is 15.0 Å². The van der Waals surface area contributed by atoms with Crippen LogP contribution >= 0.6 is 22.7 Å². The van der Waals surface area contributed by atoms with Crippen LogP contribution in [0.3, 0.4) is 0 Å². The van der Waals surface area contributed by atoms with Crippen LogP contribution in [0.25, 0.3) is 10.6 Å². The van der Waals surface area contributed by atoms with Gasteiger partial charge in [0.15, 0.2) is 5.13 Å². The van der Waals surface area contributed by atoms with Crippen LogP contribution in [0.4, 0.5) is 16.6 Å². The summed E-state index contributed by atoms with van der Waals surface area (Å²) in [6.45, 7) is 3.93. The highest BCUT2D eigenvalue weighted by Crippen LogP contribution is 2.32. The third-order valence-corrected chi connectivity index (χ3v) is 4.69. The molecule has 3 aromatic rings. The van der Waals surface area contributed by atoms with Gasteiger partial charge in [-0.2, -0.15) is 0 Å². The molecular formula is C13H11N5O2S2. The summed E-state index contributed by atoms with van der Waals surface area (Å²) in [7, 11) is 0. The Balaban J connectivity index is 1.79. The smallest absolute Gasteiger partial charge is 0.287 e. The zero-order valence-corrected chi connectivity index (χ0v) is 13.4. The molecule has 0 fully saturated rings. The molecule has 9 heteroatoms. The lowest BCUT2D eigenvalue weighted by atomic mass is 10.3. The molecule has 0 saturated carbocycles. The number of pyridine rings is 1. The van der Waals surface area contributed by atoms with Crippen LogP contribution in [0.15, 0.2) is 23.7 Å². The van der Waals surface area contributed by atoms with Gasteiger partial charge in [-0.1, -0.05) is 0 Å². The Morgan fingerprint density at radius 3 is 2.68 bits per heavy atom. The van der Waals surface area contributed by atoms with Crippen LogP contribution in [0.5, 0.6) is 0 Å². The van der Waals surface area contributed by atoms with Crippen molar-refractivity contribution in [3.05, 3.63) is 44.5 Å². The third kappa shape index (κ3) is 2.95. The number of rotatable bonds is 4. The molecule has 0 aromatic carbocycles. The molecule has 22 heavy (non-hydrogen) atoms. The summed E-state index contributed by atoms with van der Waals surface area (Å²) in [5.74, 6) is 0.517. The summed E-state index contributed by atoms with van der Waals surface area (Å²) < 4.78 is 0. The van der Waals surface area contributed by atoms with Gasteiger partial charge in [-0.05, 0) is 19.9 Å². The average molecular weight is 333 g/mol. The first-order chi connectivity index (χ1) is 10.5. The zero-order chi connectivity index (χ0) is 15.7. The molecule has 0 unspecified atom stereocenters. The summed E-state index contributed by atoms with van der Waals surface area (Å²) in [6.07, 6.45) is 1.22. The van der Waals surface area contributed by atoms with Crippen molar-refractivity contribution in [3.8, 4) is 10.6 Å². The van der Waals surface area contributed by atoms with E-state index in [1.54, 1.807) is 17.4 Å². The van der Waals surface area contributed by atoms with Gasteiger partial charge in [0.05, 0.1) is 26.2 Å². The van der Waals surface area contributed by atoms with Crippen molar-refractivity contribution >= 4 is 39.3 Å². The lowest BCUT2D eigenvalue weighted by molar-refractivity contribution is -0.385.